The van der Waals surface area contributed by atoms with Gasteiger partial charge in [-0.05, 0) is 24.1 Å². The Hall–Kier alpha value is -2.02. The third kappa shape index (κ3) is 3.62. The lowest BCUT2D eigenvalue weighted by Crippen LogP contribution is -2.35. The average molecular weight is 220 g/mol. The highest BCUT2D eigenvalue weighted by atomic mass is 19.1. The van der Waals surface area contributed by atoms with Gasteiger partial charge in [-0.2, -0.15) is 0 Å². The van der Waals surface area contributed by atoms with Crippen LogP contribution in [0.15, 0.2) is 18.2 Å². The topological polar surface area (TPSA) is 41.1 Å². The number of aryl methyl sites for hydroxylation is 1. The number of urea groups is 1. The number of carbonyl (C=O) groups is 1. The molecule has 0 unspecified atom stereocenters. The van der Waals surface area contributed by atoms with Crippen molar-refractivity contribution < 1.29 is 9.18 Å². The molecule has 0 aliphatic carbocycles. The molecular weight excluding hydrogens is 207 g/mol. The highest BCUT2D eigenvalue weighted by molar-refractivity contribution is 5.74. The van der Waals surface area contributed by atoms with Crippen molar-refractivity contribution in [3.05, 3.63) is 35.1 Å². The normalized spacial score (nSPS) is 9.31. The fourth-order valence-corrected chi connectivity index (χ4v) is 1.19. The van der Waals surface area contributed by atoms with E-state index in [1.54, 1.807) is 19.1 Å². The van der Waals surface area contributed by atoms with E-state index in [0.717, 1.165) is 5.56 Å². The summed E-state index contributed by atoms with van der Waals surface area (Å²) in [5.74, 6) is 2.04. The maximum Gasteiger partial charge on any atom is 0.315 e. The Morgan fingerprint density at radius 2 is 2.25 bits per heavy atom. The fraction of sp³-hybridized carbons (Fsp3) is 0.250. The molecule has 0 bridgehead atoms. The van der Waals surface area contributed by atoms with Crippen molar-refractivity contribution >= 4 is 6.03 Å². The van der Waals surface area contributed by atoms with Crippen LogP contribution in [0.4, 0.5) is 9.18 Å². The van der Waals surface area contributed by atoms with Crippen molar-refractivity contribution in [2.75, 3.05) is 6.54 Å². The second-order valence-electron chi connectivity index (χ2n) is 3.32. The first-order valence-corrected chi connectivity index (χ1v) is 4.83. The summed E-state index contributed by atoms with van der Waals surface area (Å²) < 4.78 is 12.9. The highest BCUT2D eigenvalue weighted by Crippen LogP contribution is 2.08. The van der Waals surface area contributed by atoms with E-state index in [1.807, 2.05) is 0 Å². The second kappa shape index (κ2) is 5.76. The van der Waals surface area contributed by atoms with Gasteiger partial charge in [0.05, 0.1) is 6.54 Å². The maximum absolute atomic E-state index is 12.9. The van der Waals surface area contributed by atoms with Gasteiger partial charge in [0.25, 0.3) is 0 Å². The van der Waals surface area contributed by atoms with Gasteiger partial charge in [0, 0.05) is 6.54 Å². The van der Waals surface area contributed by atoms with Gasteiger partial charge in [-0.1, -0.05) is 18.1 Å². The van der Waals surface area contributed by atoms with Gasteiger partial charge in [-0.15, -0.1) is 6.42 Å². The first kappa shape index (κ1) is 12.1. The highest BCUT2D eigenvalue weighted by Gasteiger charge is 2.01. The first-order chi connectivity index (χ1) is 7.63. The van der Waals surface area contributed by atoms with Crippen LogP contribution in [0.3, 0.4) is 0 Å². The van der Waals surface area contributed by atoms with Crippen molar-refractivity contribution in [3.63, 3.8) is 0 Å². The molecule has 16 heavy (non-hydrogen) atoms. The van der Waals surface area contributed by atoms with E-state index in [1.165, 1.54) is 6.07 Å². The zero-order valence-corrected chi connectivity index (χ0v) is 9.01. The van der Waals surface area contributed by atoms with Crippen LogP contribution < -0.4 is 10.6 Å². The SMILES string of the molecule is C#CCNC(=O)NCc1ccc(F)c(C)c1. The Balaban J connectivity index is 2.46. The molecule has 1 aromatic carbocycles. The van der Waals surface area contributed by atoms with Gasteiger partial charge in [0.1, 0.15) is 5.82 Å². The number of hydrogen-bond donors (Lipinski definition) is 2. The molecule has 0 radical (unpaired) electrons. The lowest BCUT2D eigenvalue weighted by atomic mass is 10.1. The lowest BCUT2D eigenvalue weighted by molar-refractivity contribution is 0.241. The van der Waals surface area contributed by atoms with E-state index in [-0.39, 0.29) is 18.4 Å². The summed E-state index contributed by atoms with van der Waals surface area (Å²) in [5.41, 5.74) is 1.40. The second-order valence-corrected chi connectivity index (χ2v) is 3.32. The Morgan fingerprint density at radius 3 is 2.88 bits per heavy atom. The van der Waals surface area contributed by atoms with Crippen molar-refractivity contribution in [3.8, 4) is 12.3 Å². The minimum absolute atomic E-state index is 0.189. The summed E-state index contributed by atoms with van der Waals surface area (Å²) in [6.07, 6.45) is 4.99. The smallest absolute Gasteiger partial charge is 0.315 e. The zero-order chi connectivity index (χ0) is 12.0. The van der Waals surface area contributed by atoms with Crippen LogP contribution in [0.25, 0.3) is 0 Å². The Bertz CT molecular complexity index is 424. The zero-order valence-electron chi connectivity index (χ0n) is 9.01. The third-order valence-corrected chi connectivity index (χ3v) is 2.03. The number of hydrogen-bond acceptors (Lipinski definition) is 1. The van der Waals surface area contributed by atoms with Crippen LogP contribution in [0.5, 0.6) is 0 Å². The summed E-state index contributed by atoms with van der Waals surface area (Å²) in [6, 6.07) is 4.37. The number of carbonyl (C=O) groups excluding carboxylic acids is 1. The van der Waals surface area contributed by atoms with E-state index in [0.29, 0.717) is 12.1 Å². The molecule has 0 heterocycles. The fourth-order valence-electron chi connectivity index (χ4n) is 1.19. The molecule has 4 heteroatoms. The number of halogens is 1. The van der Waals surface area contributed by atoms with Crippen molar-refractivity contribution in [2.45, 2.75) is 13.5 Å². The number of benzene rings is 1. The van der Waals surface area contributed by atoms with Crippen LogP contribution in [-0.2, 0) is 6.54 Å². The molecule has 1 aromatic rings. The van der Waals surface area contributed by atoms with Crippen LogP contribution in [0, 0.1) is 25.1 Å². The summed E-state index contributed by atoms with van der Waals surface area (Å²) in [6.45, 7) is 2.21. The van der Waals surface area contributed by atoms with Crippen LogP contribution in [-0.4, -0.2) is 12.6 Å². The molecule has 3 nitrogen and oxygen atoms in total. The van der Waals surface area contributed by atoms with Gasteiger partial charge in [-0.25, -0.2) is 9.18 Å². The predicted octanol–water partition coefficient (Wildman–Crippen LogP) is 1.57. The third-order valence-electron chi connectivity index (χ3n) is 2.03. The quantitative estimate of drug-likeness (QED) is 0.746. The minimum atomic E-state index is -0.333. The van der Waals surface area contributed by atoms with Crippen LogP contribution >= 0.6 is 0 Å². The predicted molar refractivity (Wildman–Crippen MR) is 60.2 cm³/mol. The Morgan fingerprint density at radius 1 is 1.50 bits per heavy atom. The summed E-state index contributed by atoms with van der Waals surface area (Å²) in [4.78, 5) is 11.1. The van der Waals surface area contributed by atoms with Crippen LogP contribution in [0.2, 0.25) is 0 Å². The molecule has 2 N–H and O–H groups in total. The number of nitrogens with one attached hydrogen (secondary N) is 2. The Labute approximate surface area is 94.0 Å². The maximum atomic E-state index is 12.9. The van der Waals surface area contributed by atoms with Crippen molar-refractivity contribution in [1.29, 1.82) is 0 Å². The molecule has 0 fully saturated rings. The van der Waals surface area contributed by atoms with E-state index in [4.69, 9.17) is 6.42 Å². The summed E-state index contributed by atoms with van der Waals surface area (Å²) in [7, 11) is 0. The number of amides is 2. The van der Waals surface area contributed by atoms with Crippen LogP contribution in [0.1, 0.15) is 11.1 Å². The van der Waals surface area contributed by atoms with E-state index < -0.39 is 0 Å². The molecule has 2 amide bonds. The molecule has 0 aliphatic heterocycles. The lowest BCUT2D eigenvalue weighted by Gasteiger charge is -2.06. The molecule has 0 saturated heterocycles. The average Bonchev–Trinajstić information content (AvgIpc) is 2.28. The van der Waals surface area contributed by atoms with Crippen molar-refractivity contribution in [1.82, 2.24) is 10.6 Å². The minimum Gasteiger partial charge on any atom is -0.334 e. The largest absolute Gasteiger partial charge is 0.334 e. The first-order valence-electron chi connectivity index (χ1n) is 4.83. The van der Waals surface area contributed by atoms with Gasteiger partial charge in [0.2, 0.25) is 0 Å². The molecule has 0 spiro atoms. The van der Waals surface area contributed by atoms with E-state index in [9.17, 15) is 9.18 Å². The summed E-state index contributed by atoms with van der Waals surface area (Å²) in [5, 5.41) is 5.08. The molecular formula is C12H13FN2O. The Kier molecular flexibility index (Phi) is 4.34. The monoisotopic (exact) mass is 220 g/mol. The van der Waals surface area contributed by atoms with Gasteiger partial charge < -0.3 is 10.6 Å². The van der Waals surface area contributed by atoms with E-state index >= 15 is 0 Å². The molecule has 0 atom stereocenters. The number of terminal acetylenes is 1. The molecule has 84 valence electrons. The van der Waals surface area contributed by atoms with Gasteiger partial charge in [-0.3, -0.25) is 0 Å². The molecule has 0 aliphatic rings. The van der Waals surface area contributed by atoms with Gasteiger partial charge in [0.15, 0.2) is 0 Å². The van der Waals surface area contributed by atoms with Gasteiger partial charge >= 0.3 is 6.03 Å². The molecule has 0 aromatic heterocycles. The number of rotatable bonds is 3. The molecule has 1 rings (SSSR count). The summed E-state index contributed by atoms with van der Waals surface area (Å²) >= 11 is 0. The van der Waals surface area contributed by atoms with E-state index in [2.05, 4.69) is 16.6 Å². The standard InChI is InChI=1S/C12H13FN2O/c1-3-6-14-12(16)15-8-10-4-5-11(13)9(2)7-10/h1,4-5,7H,6,8H2,2H3,(H2,14,15,16). The molecule has 0 saturated carbocycles. The van der Waals surface area contributed by atoms with Crippen molar-refractivity contribution in [2.24, 2.45) is 0 Å².